The summed E-state index contributed by atoms with van der Waals surface area (Å²) in [7, 11) is 1.58. The van der Waals surface area contributed by atoms with E-state index in [1.807, 2.05) is 0 Å². The largest absolute Gasteiger partial charge is 0.358 e. The van der Waals surface area contributed by atoms with Gasteiger partial charge >= 0.3 is 0 Å². The van der Waals surface area contributed by atoms with E-state index < -0.39 is 0 Å². The molecule has 1 aliphatic heterocycles. The zero-order valence-electron chi connectivity index (χ0n) is 11.7. The summed E-state index contributed by atoms with van der Waals surface area (Å²) in [5.74, 6) is 0.280. The number of hydrogen-bond acceptors (Lipinski definition) is 4. The van der Waals surface area contributed by atoms with Gasteiger partial charge < -0.3 is 16.0 Å². The van der Waals surface area contributed by atoms with Crippen molar-refractivity contribution in [1.29, 1.82) is 0 Å². The van der Waals surface area contributed by atoms with E-state index in [9.17, 15) is 9.59 Å². The van der Waals surface area contributed by atoms with Crippen LogP contribution in [-0.2, 0) is 16.1 Å². The van der Waals surface area contributed by atoms with Crippen molar-refractivity contribution >= 4 is 17.5 Å². The lowest BCUT2D eigenvalue weighted by atomic mass is 9.96. The highest BCUT2D eigenvalue weighted by Gasteiger charge is 2.17. The van der Waals surface area contributed by atoms with E-state index in [1.54, 1.807) is 19.4 Å². The summed E-state index contributed by atoms with van der Waals surface area (Å²) in [6.07, 6.45) is 5.96. The summed E-state index contributed by atoms with van der Waals surface area (Å²) < 4.78 is 1.50. The van der Waals surface area contributed by atoms with E-state index in [0.29, 0.717) is 18.0 Å². The van der Waals surface area contributed by atoms with Crippen molar-refractivity contribution in [3.05, 3.63) is 12.4 Å². The van der Waals surface area contributed by atoms with Crippen LogP contribution in [0.2, 0.25) is 0 Å². The van der Waals surface area contributed by atoms with Crippen molar-refractivity contribution < 1.29 is 9.59 Å². The highest BCUT2D eigenvalue weighted by atomic mass is 16.2. The lowest BCUT2D eigenvalue weighted by Crippen LogP contribution is -2.32. The third-order valence-electron chi connectivity index (χ3n) is 3.37. The molecule has 0 radical (unpaired) electrons. The third kappa shape index (κ3) is 4.34. The van der Waals surface area contributed by atoms with E-state index in [4.69, 9.17) is 0 Å². The van der Waals surface area contributed by atoms with Crippen LogP contribution in [0.25, 0.3) is 0 Å². The standard InChI is InChI=1S/C13H21N5O2/c1-14-13(20)9-18-8-11(7-16-18)17-12(19)5-10-3-2-4-15-6-10/h7-8,10,15H,2-6,9H2,1H3,(H,14,20)(H,17,19). The molecule has 1 unspecified atom stereocenters. The van der Waals surface area contributed by atoms with E-state index in [-0.39, 0.29) is 18.4 Å². The molecule has 0 bridgehead atoms. The van der Waals surface area contributed by atoms with E-state index in [2.05, 4.69) is 21.0 Å². The molecule has 1 saturated heterocycles. The van der Waals surface area contributed by atoms with Crippen LogP contribution in [0.5, 0.6) is 0 Å². The number of amides is 2. The fourth-order valence-corrected chi connectivity index (χ4v) is 2.31. The molecule has 2 rings (SSSR count). The van der Waals surface area contributed by atoms with Crippen LogP contribution in [0, 0.1) is 5.92 Å². The lowest BCUT2D eigenvalue weighted by molar-refractivity contribution is -0.121. The van der Waals surface area contributed by atoms with Gasteiger partial charge in [-0.1, -0.05) is 0 Å². The zero-order chi connectivity index (χ0) is 14.4. The molecule has 0 aromatic carbocycles. The number of aromatic nitrogens is 2. The molecular formula is C13H21N5O2. The van der Waals surface area contributed by atoms with Crippen molar-refractivity contribution in [2.45, 2.75) is 25.8 Å². The highest BCUT2D eigenvalue weighted by Crippen LogP contribution is 2.15. The average molecular weight is 279 g/mol. The molecule has 3 N–H and O–H groups in total. The Morgan fingerprint density at radius 2 is 2.35 bits per heavy atom. The van der Waals surface area contributed by atoms with Crippen LogP contribution in [0.4, 0.5) is 5.69 Å². The summed E-state index contributed by atoms with van der Waals surface area (Å²) in [5.41, 5.74) is 0.627. The molecule has 7 heteroatoms. The number of carbonyl (C=O) groups is 2. The Bertz CT molecular complexity index is 465. The molecule has 110 valence electrons. The summed E-state index contributed by atoms with van der Waals surface area (Å²) in [6.45, 7) is 2.10. The van der Waals surface area contributed by atoms with Crippen LogP contribution >= 0.6 is 0 Å². The van der Waals surface area contributed by atoms with Crippen molar-refractivity contribution in [1.82, 2.24) is 20.4 Å². The molecule has 1 aromatic rings. The lowest BCUT2D eigenvalue weighted by Gasteiger charge is -2.21. The molecule has 1 fully saturated rings. The number of rotatable bonds is 5. The van der Waals surface area contributed by atoms with Gasteiger partial charge in [0.15, 0.2) is 0 Å². The number of anilines is 1. The predicted molar refractivity (Wildman–Crippen MR) is 75.1 cm³/mol. The minimum absolute atomic E-state index is 0.00167. The molecule has 0 aliphatic carbocycles. The molecule has 1 aliphatic rings. The first-order chi connectivity index (χ1) is 9.67. The van der Waals surface area contributed by atoms with Crippen LogP contribution in [-0.4, -0.2) is 41.7 Å². The Morgan fingerprint density at radius 3 is 3.05 bits per heavy atom. The number of likely N-dealkylation sites (N-methyl/N-ethyl adjacent to an activating group) is 1. The summed E-state index contributed by atoms with van der Waals surface area (Å²) in [5, 5.41) is 12.7. The maximum atomic E-state index is 11.9. The topological polar surface area (TPSA) is 88.0 Å². The van der Waals surface area contributed by atoms with Gasteiger partial charge in [-0.2, -0.15) is 5.10 Å². The van der Waals surface area contributed by atoms with E-state index in [0.717, 1.165) is 25.9 Å². The second-order valence-electron chi connectivity index (χ2n) is 5.06. The van der Waals surface area contributed by atoms with Gasteiger partial charge in [0.1, 0.15) is 6.54 Å². The Balaban J connectivity index is 1.80. The molecule has 2 amide bonds. The first-order valence-electron chi connectivity index (χ1n) is 6.91. The average Bonchev–Trinajstić information content (AvgIpc) is 2.86. The van der Waals surface area contributed by atoms with E-state index in [1.165, 1.54) is 4.68 Å². The summed E-state index contributed by atoms with van der Waals surface area (Å²) in [6, 6.07) is 0. The number of piperidine rings is 1. The van der Waals surface area contributed by atoms with Gasteiger partial charge in [0.05, 0.1) is 11.9 Å². The SMILES string of the molecule is CNC(=O)Cn1cc(NC(=O)CC2CCCNC2)cn1. The highest BCUT2D eigenvalue weighted by molar-refractivity contribution is 5.90. The quantitative estimate of drug-likeness (QED) is 0.705. The first-order valence-corrected chi connectivity index (χ1v) is 6.91. The minimum atomic E-state index is -0.126. The van der Waals surface area contributed by atoms with Gasteiger partial charge in [0.25, 0.3) is 0 Å². The molecule has 7 nitrogen and oxygen atoms in total. The number of hydrogen-bond donors (Lipinski definition) is 3. The second-order valence-corrected chi connectivity index (χ2v) is 5.06. The molecule has 0 spiro atoms. The number of nitrogens with zero attached hydrogens (tertiary/aromatic N) is 2. The molecular weight excluding hydrogens is 258 g/mol. The normalized spacial score (nSPS) is 18.6. The van der Waals surface area contributed by atoms with Gasteiger partial charge in [0, 0.05) is 19.7 Å². The number of nitrogens with one attached hydrogen (secondary N) is 3. The molecule has 1 aromatic heterocycles. The van der Waals surface area contributed by atoms with Crippen LogP contribution in [0.1, 0.15) is 19.3 Å². The summed E-state index contributed by atoms with van der Waals surface area (Å²) >= 11 is 0. The number of carbonyl (C=O) groups excluding carboxylic acids is 2. The minimum Gasteiger partial charge on any atom is -0.358 e. The smallest absolute Gasteiger partial charge is 0.241 e. The fraction of sp³-hybridized carbons (Fsp3) is 0.615. The van der Waals surface area contributed by atoms with Gasteiger partial charge in [-0.3, -0.25) is 14.3 Å². The van der Waals surface area contributed by atoms with Crippen molar-refractivity contribution in [3.8, 4) is 0 Å². The predicted octanol–water partition coefficient (Wildman–Crippen LogP) is -0.0427. The van der Waals surface area contributed by atoms with Crippen LogP contribution in [0.15, 0.2) is 12.4 Å². The molecule has 20 heavy (non-hydrogen) atoms. The van der Waals surface area contributed by atoms with Gasteiger partial charge in [-0.25, -0.2) is 0 Å². The monoisotopic (exact) mass is 279 g/mol. The Labute approximate surface area is 118 Å². The summed E-state index contributed by atoms with van der Waals surface area (Å²) in [4.78, 5) is 23.1. The van der Waals surface area contributed by atoms with Crippen LogP contribution in [0.3, 0.4) is 0 Å². The van der Waals surface area contributed by atoms with Gasteiger partial charge in [-0.15, -0.1) is 0 Å². The second kappa shape index (κ2) is 7.04. The molecule has 0 saturated carbocycles. The van der Waals surface area contributed by atoms with Crippen molar-refractivity contribution in [2.75, 3.05) is 25.5 Å². The fourth-order valence-electron chi connectivity index (χ4n) is 2.31. The zero-order valence-corrected chi connectivity index (χ0v) is 11.7. The molecule has 2 heterocycles. The van der Waals surface area contributed by atoms with Crippen molar-refractivity contribution in [3.63, 3.8) is 0 Å². The Morgan fingerprint density at radius 1 is 1.50 bits per heavy atom. The maximum Gasteiger partial charge on any atom is 0.241 e. The Hall–Kier alpha value is -1.89. The maximum absolute atomic E-state index is 11.9. The van der Waals surface area contributed by atoms with Crippen molar-refractivity contribution in [2.24, 2.45) is 5.92 Å². The van der Waals surface area contributed by atoms with E-state index >= 15 is 0 Å². The first kappa shape index (κ1) is 14.5. The molecule has 1 atom stereocenters. The van der Waals surface area contributed by atoms with Crippen LogP contribution < -0.4 is 16.0 Å². The third-order valence-corrected chi connectivity index (χ3v) is 3.37. The Kier molecular flexibility index (Phi) is 5.11. The van der Waals surface area contributed by atoms with Gasteiger partial charge in [0.2, 0.25) is 11.8 Å². The van der Waals surface area contributed by atoms with Gasteiger partial charge in [-0.05, 0) is 31.8 Å².